The molecule has 0 bridgehead atoms. The fourth-order valence-electron chi connectivity index (χ4n) is 2.91. The summed E-state index contributed by atoms with van der Waals surface area (Å²) in [5, 5.41) is 5.23. The van der Waals surface area contributed by atoms with Gasteiger partial charge in [0.2, 0.25) is 0 Å². The van der Waals surface area contributed by atoms with E-state index >= 15 is 0 Å². The van der Waals surface area contributed by atoms with Crippen molar-refractivity contribution >= 4 is 22.7 Å². The van der Waals surface area contributed by atoms with E-state index < -0.39 is 6.09 Å². The minimum Gasteiger partial charge on any atom is -0.410 e. The van der Waals surface area contributed by atoms with Crippen molar-refractivity contribution < 1.29 is 13.9 Å². The van der Waals surface area contributed by atoms with E-state index in [1.54, 1.807) is 18.3 Å². The van der Waals surface area contributed by atoms with Crippen LogP contribution >= 0.6 is 0 Å². The Morgan fingerprint density at radius 1 is 1.38 bits per heavy atom. The van der Waals surface area contributed by atoms with Gasteiger partial charge in [-0.05, 0) is 43.2 Å². The van der Waals surface area contributed by atoms with E-state index in [9.17, 15) is 9.18 Å². The van der Waals surface area contributed by atoms with E-state index in [4.69, 9.17) is 4.74 Å². The highest BCUT2D eigenvalue weighted by Gasteiger charge is 2.17. The van der Waals surface area contributed by atoms with Gasteiger partial charge in [0.25, 0.3) is 0 Å². The van der Waals surface area contributed by atoms with Gasteiger partial charge >= 0.3 is 6.09 Å². The first-order valence-corrected chi connectivity index (χ1v) is 8.43. The Hall–Kier alpha value is -3.09. The fourth-order valence-corrected chi connectivity index (χ4v) is 2.91. The first kappa shape index (κ1) is 17.7. The Balaban J connectivity index is 2.08. The number of ether oxygens (including phenoxy) is 1. The van der Waals surface area contributed by atoms with Crippen LogP contribution in [0, 0.1) is 12.7 Å². The van der Waals surface area contributed by atoms with Gasteiger partial charge < -0.3 is 10.1 Å². The normalized spacial score (nSPS) is 10.8. The predicted octanol–water partition coefficient (Wildman–Crippen LogP) is 3.88. The number of halogens is 1. The number of carbonyl (C=O) groups is 1. The van der Waals surface area contributed by atoms with Gasteiger partial charge in [-0.15, -0.1) is 0 Å². The molecule has 0 fully saturated rings. The van der Waals surface area contributed by atoms with Crippen molar-refractivity contribution in [2.24, 2.45) is 0 Å². The highest BCUT2D eigenvalue weighted by molar-refractivity contribution is 5.86. The van der Waals surface area contributed by atoms with Gasteiger partial charge in [-0.2, -0.15) is 0 Å². The molecule has 0 saturated carbocycles. The lowest BCUT2D eigenvalue weighted by atomic mass is 10.2. The SMILES string of the molecule is CCCN(c1ccncc1F)n1cc(C)c2cc(OC(=O)NC)ccc21. The maximum Gasteiger partial charge on any atom is 0.412 e. The van der Waals surface area contributed by atoms with Crippen LogP contribution in [-0.2, 0) is 0 Å². The lowest BCUT2D eigenvalue weighted by Gasteiger charge is -2.26. The van der Waals surface area contributed by atoms with Crippen LogP contribution in [0.25, 0.3) is 10.9 Å². The van der Waals surface area contributed by atoms with Crippen LogP contribution in [0.2, 0.25) is 0 Å². The molecular formula is C19H21FN4O2. The monoisotopic (exact) mass is 356 g/mol. The smallest absolute Gasteiger partial charge is 0.410 e. The van der Waals surface area contributed by atoms with Crippen LogP contribution in [0.5, 0.6) is 5.75 Å². The molecule has 136 valence electrons. The first-order chi connectivity index (χ1) is 12.5. The Morgan fingerprint density at radius 2 is 2.19 bits per heavy atom. The van der Waals surface area contributed by atoms with Crippen LogP contribution in [0.4, 0.5) is 14.9 Å². The van der Waals surface area contributed by atoms with E-state index in [2.05, 4.69) is 10.3 Å². The molecule has 0 saturated heterocycles. The molecule has 26 heavy (non-hydrogen) atoms. The molecule has 0 spiro atoms. The Kier molecular flexibility index (Phi) is 5.06. The van der Waals surface area contributed by atoms with Crippen molar-refractivity contribution in [1.29, 1.82) is 0 Å². The van der Waals surface area contributed by atoms with Crippen molar-refractivity contribution in [1.82, 2.24) is 15.0 Å². The third kappa shape index (κ3) is 3.33. The first-order valence-electron chi connectivity index (χ1n) is 8.43. The topological polar surface area (TPSA) is 59.4 Å². The number of hydrogen-bond donors (Lipinski definition) is 1. The molecule has 2 heterocycles. The van der Waals surface area contributed by atoms with Crippen LogP contribution in [0.15, 0.2) is 42.9 Å². The molecule has 1 amide bonds. The van der Waals surface area contributed by atoms with Crippen LogP contribution in [0.3, 0.4) is 0 Å². The zero-order valence-electron chi connectivity index (χ0n) is 15.0. The maximum atomic E-state index is 14.3. The number of fused-ring (bicyclic) bond motifs is 1. The number of pyridine rings is 1. The van der Waals surface area contributed by atoms with Crippen LogP contribution in [-0.4, -0.2) is 29.3 Å². The molecule has 3 rings (SSSR count). The quantitative estimate of drug-likeness (QED) is 0.754. The highest BCUT2D eigenvalue weighted by Crippen LogP contribution is 2.29. The van der Waals surface area contributed by atoms with Crippen molar-refractivity contribution in [2.45, 2.75) is 20.3 Å². The zero-order chi connectivity index (χ0) is 18.7. The third-order valence-corrected chi connectivity index (χ3v) is 4.09. The molecule has 1 N–H and O–H groups in total. The van der Waals surface area contributed by atoms with E-state index in [1.165, 1.54) is 13.2 Å². The number of rotatable bonds is 5. The summed E-state index contributed by atoms with van der Waals surface area (Å²) in [7, 11) is 1.51. The van der Waals surface area contributed by atoms with Gasteiger partial charge in [0.05, 0.1) is 17.4 Å². The second kappa shape index (κ2) is 7.43. The fraction of sp³-hybridized carbons (Fsp3) is 0.263. The van der Waals surface area contributed by atoms with Gasteiger partial charge in [-0.3, -0.25) is 14.7 Å². The van der Waals surface area contributed by atoms with E-state index in [0.29, 0.717) is 18.0 Å². The van der Waals surface area contributed by atoms with E-state index in [0.717, 1.165) is 22.9 Å². The van der Waals surface area contributed by atoms with Gasteiger partial charge in [0.1, 0.15) is 5.75 Å². The van der Waals surface area contributed by atoms with E-state index in [1.807, 2.05) is 41.9 Å². The summed E-state index contributed by atoms with van der Waals surface area (Å²) in [5.41, 5.74) is 2.36. The molecule has 0 aliphatic rings. The average molecular weight is 356 g/mol. The number of amides is 1. The number of hydrogen-bond acceptors (Lipinski definition) is 4. The standard InChI is InChI=1S/C19H21FN4O2/c1-4-9-23(18-7-8-22-11-16(18)20)24-12-13(2)15-10-14(5-6-17(15)24)26-19(25)21-3/h5-8,10-12H,4,9H2,1-3H3,(H,21,25). The molecule has 7 heteroatoms. The molecular weight excluding hydrogens is 335 g/mol. The summed E-state index contributed by atoms with van der Waals surface area (Å²) in [6.07, 6.45) is 5.07. The highest BCUT2D eigenvalue weighted by atomic mass is 19.1. The van der Waals surface area contributed by atoms with Gasteiger partial charge in [-0.1, -0.05) is 6.92 Å². The summed E-state index contributed by atoms with van der Waals surface area (Å²) in [4.78, 5) is 15.3. The second-order valence-electron chi connectivity index (χ2n) is 5.93. The maximum absolute atomic E-state index is 14.3. The number of aromatic nitrogens is 2. The summed E-state index contributed by atoms with van der Waals surface area (Å²) in [6.45, 7) is 4.65. The van der Waals surface area contributed by atoms with Gasteiger partial charge in [-0.25, -0.2) is 9.18 Å². The second-order valence-corrected chi connectivity index (χ2v) is 5.93. The van der Waals surface area contributed by atoms with Crippen molar-refractivity contribution in [2.75, 3.05) is 18.6 Å². The van der Waals surface area contributed by atoms with Crippen LogP contribution in [0.1, 0.15) is 18.9 Å². The molecule has 0 aliphatic carbocycles. The zero-order valence-corrected chi connectivity index (χ0v) is 15.0. The molecule has 2 aromatic heterocycles. The average Bonchev–Trinajstić information content (AvgIpc) is 2.96. The van der Waals surface area contributed by atoms with Crippen LogP contribution < -0.4 is 15.1 Å². The van der Waals surface area contributed by atoms with Gasteiger partial charge in [0, 0.05) is 31.4 Å². The summed E-state index contributed by atoms with van der Waals surface area (Å²) >= 11 is 0. The number of nitrogens with one attached hydrogen (secondary N) is 1. The van der Waals surface area contributed by atoms with Crippen molar-refractivity contribution in [3.05, 3.63) is 54.2 Å². The lowest BCUT2D eigenvalue weighted by molar-refractivity contribution is 0.203. The number of nitrogens with zero attached hydrogens (tertiary/aromatic N) is 3. The Morgan fingerprint density at radius 3 is 2.88 bits per heavy atom. The molecule has 1 aromatic carbocycles. The molecule has 3 aromatic rings. The largest absolute Gasteiger partial charge is 0.412 e. The summed E-state index contributed by atoms with van der Waals surface area (Å²) in [6, 6.07) is 7.06. The molecule has 0 unspecified atom stereocenters. The predicted molar refractivity (Wildman–Crippen MR) is 99.0 cm³/mol. The Bertz CT molecular complexity index is 938. The molecule has 6 nitrogen and oxygen atoms in total. The number of aryl methyl sites for hydroxylation is 1. The van der Waals surface area contributed by atoms with E-state index in [-0.39, 0.29) is 5.82 Å². The Labute approximate surface area is 151 Å². The summed E-state index contributed by atoms with van der Waals surface area (Å²) in [5.74, 6) is 0.0786. The molecule has 0 atom stereocenters. The van der Waals surface area contributed by atoms with Crippen molar-refractivity contribution in [3.63, 3.8) is 0 Å². The lowest BCUT2D eigenvalue weighted by Crippen LogP contribution is -2.30. The number of benzene rings is 1. The molecule has 0 radical (unpaired) electrons. The molecule has 0 aliphatic heterocycles. The summed E-state index contributed by atoms with van der Waals surface area (Å²) < 4.78 is 21.5. The van der Waals surface area contributed by atoms with Gasteiger partial charge in [0.15, 0.2) is 5.82 Å². The number of carbonyl (C=O) groups excluding carboxylic acids is 1. The van der Waals surface area contributed by atoms with Crippen molar-refractivity contribution in [3.8, 4) is 5.75 Å². The minimum atomic E-state index is -0.520. The minimum absolute atomic E-state index is 0.375. The number of anilines is 1. The third-order valence-electron chi connectivity index (χ3n) is 4.09.